The number of ether oxygens (including phenoxy) is 1. The van der Waals surface area contributed by atoms with E-state index in [0.29, 0.717) is 35.4 Å². The highest BCUT2D eigenvalue weighted by Gasteiger charge is 2.31. The molecule has 2 aromatic carbocycles. The number of rotatable bonds is 8. The van der Waals surface area contributed by atoms with E-state index in [-0.39, 0.29) is 23.4 Å². The third kappa shape index (κ3) is 6.73. The molecule has 1 fully saturated rings. The van der Waals surface area contributed by atoms with Crippen LogP contribution in [-0.2, 0) is 10.7 Å². The Hall–Kier alpha value is -4.27. The topological polar surface area (TPSA) is 79.5 Å². The molecule has 4 rings (SSSR count). The van der Waals surface area contributed by atoms with Crippen LogP contribution in [0, 0.1) is 24.6 Å². The molecule has 0 aromatic heterocycles. The predicted octanol–water partition coefficient (Wildman–Crippen LogP) is 6.93. The molecule has 0 spiro atoms. The monoisotopic (exact) mass is 523 g/mol. The van der Waals surface area contributed by atoms with Crippen molar-refractivity contribution in [3.8, 4) is 5.75 Å². The number of halogens is 3. The summed E-state index contributed by atoms with van der Waals surface area (Å²) in [4.78, 5) is 24.7. The zero-order chi connectivity index (χ0) is 27.4. The number of carbonyl (C=O) groups excluding carboxylic acids is 2. The van der Waals surface area contributed by atoms with Gasteiger partial charge in [0.1, 0.15) is 17.3 Å². The highest BCUT2D eigenvalue weighted by Crippen LogP contribution is 2.32. The second-order valence-electron chi connectivity index (χ2n) is 9.32. The lowest BCUT2D eigenvalue weighted by molar-refractivity contribution is -0.121. The van der Waals surface area contributed by atoms with Gasteiger partial charge >= 0.3 is 6.03 Å². The molecule has 2 aromatic rings. The molecule has 2 aliphatic carbocycles. The zero-order valence-corrected chi connectivity index (χ0v) is 21.0. The molecule has 9 heteroatoms. The summed E-state index contributed by atoms with van der Waals surface area (Å²) in [5, 5.41) is 7.80. The van der Waals surface area contributed by atoms with Gasteiger partial charge in [-0.3, -0.25) is 4.79 Å². The van der Waals surface area contributed by atoms with Crippen LogP contribution in [0.1, 0.15) is 30.9 Å². The molecule has 198 valence electrons. The van der Waals surface area contributed by atoms with Gasteiger partial charge < -0.3 is 20.7 Å². The minimum atomic E-state index is -3.18. The number of carbonyl (C=O) groups is 2. The van der Waals surface area contributed by atoms with E-state index >= 15 is 0 Å². The number of allylic oxidation sites excluding steroid dienone is 4. The molecule has 1 unspecified atom stereocenters. The number of hydrogen-bond donors (Lipinski definition) is 3. The second kappa shape index (κ2) is 11.0. The summed E-state index contributed by atoms with van der Waals surface area (Å²) in [6.45, 7) is 6.32. The highest BCUT2D eigenvalue weighted by molar-refractivity contribution is 6.00. The van der Waals surface area contributed by atoms with E-state index in [9.17, 15) is 22.8 Å². The van der Waals surface area contributed by atoms with Gasteiger partial charge in [0.2, 0.25) is 5.91 Å². The Morgan fingerprint density at radius 1 is 1.11 bits per heavy atom. The summed E-state index contributed by atoms with van der Waals surface area (Å²) in [6, 6.07) is 6.86. The minimum absolute atomic E-state index is 0.0161. The van der Waals surface area contributed by atoms with Gasteiger partial charge in [0, 0.05) is 41.8 Å². The van der Waals surface area contributed by atoms with Gasteiger partial charge in [-0.25, -0.2) is 18.0 Å². The number of aryl methyl sites for hydroxylation is 1. The molecule has 1 saturated carbocycles. The molecule has 0 bridgehead atoms. The Bertz CT molecular complexity index is 1350. The minimum Gasteiger partial charge on any atom is -0.457 e. The number of anilines is 2. The maximum absolute atomic E-state index is 14.1. The smallest absolute Gasteiger partial charge is 0.323 e. The summed E-state index contributed by atoms with van der Waals surface area (Å²) in [6.07, 6.45) is 10.8. The summed E-state index contributed by atoms with van der Waals surface area (Å²) >= 11 is 0. The van der Waals surface area contributed by atoms with Crippen LogP contribution in [0.5, 0.6) is 5.75 Å². The number of hydrogen-bond acceptors (Lipinski definition) is 3. The van der Waals surface area contributed by atoms with Crippen LogP contribution < -0.4 is 20.7 Å². The van der Waals surface area contributed by atoms with Crippen molar-refractivity contribution in [1.82, 2.24) is 5.32 Å². The van der Waals surface area contributed by atoms with Crippen molar-refractivity contribution in [2.75, 3.05) is 10.6 Å². The molecule has 38 heavy (non-hydrogen) atoms. The van der Waals surface area contributed by atoms with Crippen LogP contribution in [0.3, 0.4) is 0 Å². The van der Waals surface area contributed by atoms with Crippen molar-refractivity contribution in [2.45, 2.75) is 32.6 Å². The average Bonchev–Trinajstić information content (AvgIpc) is 3.70. The number of benzene rings is 2. The lowest BCUT2D eigenvalue weighted by Gasteiger charge is -2.16. The van der Waals surface area contributed by atoms with Crippen LogP contribution in [-0.4, -0.2) is 11.9 Å². The quantitative estimate of drug-likeness (QED) is 0.328. The molecule has 0 aliphatic heterocycles. The van der Waals surface area contributed by atoms with Crippen LogP contribution in [0.15, 0.2) is 84.8 Å². The summed E-state index contributed by atoms with van der Waals surface area (Å²) in [5.74, 6) is -3.13. The number of amides is 3. The zero-order valence-electron chi connectivity index (χ0n) is 21.0. The molecule has 3 N–H and O–H groups in total. The molecule has 0 heterocycles. The Kier molecular flexibility index (Phi) is 7.75. The van der Waals surface area contributed by atoms with Gasteiger partial charge in [-0.2, -0.15) is 0 Å². The fourth-order valence-corrected chi connectivity index (χ4v) is 3.80. The van der Waals surface area contributed by atoms with Gasteiger partial charge in [0.15, 0.2) is 0 Å². The van der Waals surface area contributed by atoms with Crippen LogP contribution in [0.4, 0.5) is 29.3 Å². The van der Waals surface area contributed by atoms with Gasteiger partial charge in [0.05, 0.1) is 5.69 Å². The molecule has 0 radical (unpaired) electrons. The number of alkyl halides is 2. The van der Waals surface area contributed by atoms with Crippen molar-refractivity contribution < 1.29 is 27.5 Å². The molecule has 0 saturated heterocycles. The van der Waals surface area contributed by atoms with E-state index < -0.39 is 23.3 Å². The summed E-state index contributed by atoms with van der Waals surface area (Å²) < 4.78 is 47.3. The predicted molar refractivity (Wildman–Crippen MR) is 140 cm³/mol. The molecule has 6 nitrogen and oxygen atoms in total. The molecule has 1 atom stereocenters. The highest BCUT2D eigenvalue weighted by atomic mass is 19.3. The Labute approximate surface area is 219 Å². The van der Waals surface area contributed by atoms with Crippen LogP contribution in [0.2, 0.25) is 0 Å². The number of nitrogens with one attached hydrogen (secondary N) is 3. The fraction of sp³-hybridized carbons (Fsp3) is 0.241. The first-order valence-corrected chi connectivity index (χ1v) is 12.1. The molecular weight excluding hydrogens is 495 g/mol. The van der Waals surface area contributed by atoms with Crippen molar-refractivity contribution in [2.24, 2.45) is 11.8 Å². The second-order valence-corrected chi connectivity index (χ2v) is 9.32. The first-order valence-electron chi connectivity index (χ1n) is 12.1. The maximum atomic E-state index is 14.1. The van der Waals surface area contributed by atoms with E-state index in [2.05, 4.69) is 22.5 Å². The van der Waals surface area contributed by atoms with E-state index in [4.69, 9.17) is 4.74 Å². The van der Waals surface area contributed by atoms with E-state index in [1.54, 1.807) is 43.4 Å². The van der Waals surface area contributed by atoms with Crippen molar-refractivity contribution in [1.29, 1.82) is 0 Å². The molecular formula is C29H28F3N3O3. The lowest BCUT2D eigenvalue weighted by Crippen LogP contribution is -2.27. The Balaban J connectivity index is 1.44. The van der Waals surface area contributed by atoms with E-state index in [1.165, 1.54) is 0 Å². The van der Waals surface area contributed by atoms with Crippen LogP contribution >= 0.6 is 0 Å². The third-order valence-electron chi connectivity index (χ3n) is 6.09. The first kappa shape index (κ1) is 26.8. The summed E-state index contributed by atoms with van der Waals surface area (Å²) in [5.41, 5.74) is 0.965. The van der Waals surface area contributed by atoms with Crippen molar-refractivity contribution in [3.05, 3.63) is 102 Å². The molecule has 3 amide bonds. The van der Waals surface area contributed by atoms with Gasteiger partial charge in [-0.15, -0.1) is 6.58 Å². The average molecular weight is 524 g/mol. The lowest BCUT2D eigenvalue weighted by atomic mass is 10.1. The van der Waals surface area contributed by atoms with Gasteiger partial charge in [-0.1, -0.05) is 24.3 Å². The van der Waals surface area contributed by atoms with Gasteiger partial charge in [0.25, 0.3) is 5.92 Å². The Morgan fingerprint density at radius 2 is 1.87 bits per heavy atom. The summed E-state index contributed by atoms with van der Waals surface area (Å²) in [7, 11) is 0. The largest absolute Gasteiger partial charge is 0.457 e. The van der Waals surface area contributed by atoms with Crippen LogP contribution in [0.25, 0.3) is 0 Å². The number of urea groups is 1. The fourth-order valence-electron chi connectivity index (χ4n) is 3.80. The molecule has 2 aliphatic rings. The standard InChI is InChI=1S/C29H28F3N3O3/c1-4-18-6-5-7-22(16-24(18)34-27(36)19-8-9-19)38-26-13-11-21(14-17(26)2)33-28(37)35-25-15-20(29(3,31)32)10-12-23(25)30/h4-7,10-16,18-19H,1,8-9H2,2-3H3,(H,34,36)(H2,33,35,37). The van der Waals surface area contributed by atoms with E-state index in [0.717, 1.165) is 31.0 Å². The maximum Gasteiger partial charge on any atom is 0.323 e. The Morgan fingerprint density at radius 3 is 2.53 bits per heavy atom. The van der Waals surface area contributed by atoms with Crippen molar-refractivity contribution in [3.63, 3.8) is 0 Å². The first-order chi connectivity index (χ1) is 18.0. The normalized spacial score (nSPS) is 17.0. The van der Waals surface area contributed by atoms with Crippen molar-refractivity contribution >= 4 is 23.3 Å². The van der Waals surface area contributed by atoms with E-state index in [1.807, 2.05) is 12.2 Å². The third-order valence-corrected chi connectivity index (χ3v) is 6.09. The van der Waals surface area contributed by atoms with Gasteiger partial charge in [-0.05, 0) is 61.7 Å². The SMILES string of the molecule is C=CC1C=CC=C(Oc2ccc(NC(=O)Nc3cc(C(C)(F)F)ccc3F)cc2C)C=C1NC(=O)C1CC1.